The highest BCUT2D eigenvalue weighted by atomic mass is 32.2. The van der Waals surface area contributed by atoms with Crippen LogP contribution in [0.4, 0.5) is 0 Å². The summed E-state index contributed by atoms with van der Waals surface area (Å²) in [6, 6.07) is 16.3. The van der Waals surface area contributed by atoms with Gasteiger partial charge in [0.2, 0.25) is 0 Å². The molecule has 0 aromatic heterocycles. The number of para-hydroxylation sites is 1. The first-order valence-electron chi connectivity index (χ1n) is 8.91. The van der Waals surface area contributed by atoms with Crippen LogP contribution in [0.5, 0.6) is 5.75 Å². The molecule has 0 aliphatic carbocycles. The summed E-state index contributed by atoms with van der Waals surface area (Å²) in [5.41, 5.74) is 1.74. The average Bonchev–Trinajstić information content (AvgIpc) is 2.60. The summed E-state index contributed by atoms with van der Waals surface area (Å²) in [5.74, 6) is 0.532. The third kappa shape index (κ3) is 6.72. The Kier molecular flexibility index (Phi) is 7.80. The number of hydrogen-bond donors (Lipinski definition) is 3. The van der Waals surface area contributed by atoms with Crippen molar-refractivity contribution in [3.63, 3.8) is 0 Å². The molecule has 7 nitrogen and oxygen atoms in total. The SMILES string of the molecule is CCCc1ccccc1OC(Cc1ccccc1)CC(P(=O)(O)O)S(=O)(=O)O. The fourth-order valence-electron chi connectivity index (χ4n) is 2.98. The van der Waals surface area contributed by atoms with E-state index in [9.17, 15) is 27.3 Å². The van der Waals surface area contributed by atoms with Crippen LogP contribution in [0.1, 0.15) is 30.9 Å². The quantitative estimate of drug-likeness (QED) is 0.392. The van der Waals surface area contributed by atoms with Crippen LogP contribution in [0.2, 0.25) is 0 Å². The highest BCUT2D eigenvalue weighted by molar-refractivity contribution is 7.93. The minimum atomic E-state index is -5.10. The maximum absolute atomic E-state index is 11.7. The lowest BCUT2D eigenvalue weighted by molar-refractivity contribution is 0.188. The molecule has 2 atom stereocenters. The van der Waals surface area contributed by atoms with Crippen molar-refractivity contribution in [2.24, 2.45) is 0 Å². The summed E-state index contributed by atoms with van der Waals surface area (Å²) < 4.78 is 50.2. The van der Waals surface area contributed by atoms with Crippen LogP contribution >= 0.6 is 7.60 Å². The van der Waals surface area contributed by atoms with E-state index in [2.05, 4.69) is 0 Å². The Balaban J connectivity index is 2.35. The fraction of sp³-hybridized carbons (Fsp3) is 0.368. The summed E-state index contributed by atoms with van der Waals surface area (Å²) in [6.07, 6.45) is 0.444. The van der Waals surface area contributed by atoms with Crippen LogP contribution in [-0.4, -0.2) is 33.9 Å². The maximum atomic E-state index is 11.7. The molecule has 3 N–H and O–H groups in total. The van der Waals surface area contributed by atoms with Gasteiger partial charge in [0.25, 0.3) is 10.1 Å². The van der Waals surface area contributed by atoms with Crippen molar-refractivity contribution >= 4 is 17.7 Å². The third-order valence-electron chi connectivity index (χ3n) is 4.28. The molecule has 0 aliphatic heterocycles. The molecule has 9 heteroatoms. The van der Waals surface area contributed by atoms with E-state index in [1.54, 1.807) is 24.3 Å². The Morgan fingerprint density at radius 1 is 1.04 bits per heavy atom. The van der Waals surface area contributed by atoms with Gasteiger partial charge in [0.15, 0.2) is 4.99 Å². The van der Waals surface area contributed by atoms with Crippen LogP contribution in [0.3, 0.4) is 0 Å². The Morgan fingerprint density at radius 2 is 1.64 bits per heavy atom. The molecule has 0 fully saturated rings. The van der Waals surface area contributed by atoms with Crippen molar-refractivity contribution in [2.45, 2.75) is 43.7 Å². The van der Waals surface area contributed by atoms with Gasteiger partial charge >= 0.3 is 7.60 Å². The summed E-state index contributed by atoms with van der Waals surface area (Å²) in [5, 5.41) is 0. The van der Waals surface area contributed by atoms with Crippen molar-refractivity contribution < 1.29 is 32.1 Å². The average molecular weight is 428 g/mol. The smallest absolute Gasteiger partial charge is 0.346 e. The van der Waals surface area contributed by atoms with Gasteiger partial charge in [0, 0.05) is 12.8 Å². The van der Waals surface area contributed by atoms with Gasteiger partial charge in [-0.1, -0.05) is 61.9 Å². The molecule has 154 valence electrons. The molecule has 0 saturated carbocycles. The monoisotopic (exact) mass is 428 g/mol. The van der Waals surface area contributed by atoms with Crippen molar-refractivity contribution in [1.82, 2.24) is 0 Å². The maximum Gasteiger partial charge on any atom is 0.346 e. The molecule has 2 rings (SSSR count). The van der Waals surface area contributed by atoms with E-state index in [4.69, 9.17) is 4.74 Å². The number of ether oxygens (including phenoxy) is 1. The number of rotatable bonds is 10. The molecule has 0 bridgehead atoms. The molecule has 0 spiro atoms. The van der Waals surface area contributed by atoms with Gasteiger partial charge in [-0.15, -0.1) is 0 Å². The van der Waals surface area contributed by atoms with E-state index in [-0.39, 0.29) is 6.42 Å². The first-order chi connectivity index (χ1) is 13.1. The van der Waals surface area contributed by atoms with Crippen LogP contribution in [0, 0.1) is 0 Å². The second-order valence-electron chi connectivity index (χ2n) is 6.58. The van der Waals surface area contributed by atoms with E-state index in [1.807, 2.05) is 37.3 Å². The van der Waals surface area contributed by atoms with E-state index >= 15 is 0 Å². The van der Waals surface area contributed by atoms with Crippen LogP contribution < -0.4 is 4.74 Å². The molecule has 0 aliphatic rings. The Hall–Kier alpha value is -1.70. The largest absolute Gasteiger partial charge is 0.490 e. The zero-order chi connectivity index (χ0) is 20.8. The van der Waals surface area contributed by atoms with Gasteiger partial charge < -0.3 is 14.5 Å². The highest BCUT2D eigenvalue weighted by Gasteiger charge is 2.42. The lowest BCUT2D eigenvalue weighted by Crippen LogP contribution is -2.31. The summed E-state index contributed by atoms with van der Waals surface area (Å²) in [6.45, 7) is 2.01. The van der Waals surface area contributed by atoms with Crippen molar-refractivity contribution in [2.75, 3.05) is 0 Å². The standard InChI is InChI=1S/C19H25O7PS/c1-2-8-16-11-6-7-12-18(16)26-17(13-15-9-4-3-5-10-15)14-19(27(20,21)22)28(23,24)25/h3-7,9-12,17,19H,2,8,13-14H2,1H3,(H2,20,21,22)(H,23,24,25). The van der Waals surface area contributed by atoms with Crippen LogP contribution in [0.25, 0.3) is 0 Å². The van der Waals surface area contributed by atoms with E-state index < -0.39 is 35.2 Å². The molecule has 2 aromatic carbocycles. The molecular formula is C19H25O7PS. The summed E-state index contributed by atoms with van der Waals surface area (Å²) in [4.78, 5) is 16.7. The topological polar surface area (TPSA) is 121 Å². The Morgan fingerprint density at radius 3 is 2.21 bits per heavy atom. The summed E-state index contributed by atoms with van der Waals surface area (Å²) in [7, 11) is -10.1. The second-order valence-corrected chi connectivity index (χ2v) is 10.3. The summed E-state index contributed by atoms with van der Waals surface area (Å²) >= 11 is 0. The molecule has 0 amide bonds. The molecule has 0 heterocycles. The van der Waals surface area contributed by atoms with Gasteiger partial charge in [-0.3, -0.25) is 9.12 Å². The molecule has 28 heavy (non-hydrogen) atoms. The lowest BCUT2D eigenvalue weighted by Gasteiger charge is -2.25. The van der Waals surface area contributed by atoms with Crippen molar-refractivity contribution in [3.05, 3.63) is 65.7 Å². The first kappa shape index (κ1) is 22.6. The number of aryl methyl sites for hydroxylation is 1. The van der Waals surface area contributed by atoms with E-state index in [0.29, 0.717) is 5.75 Å². The van der Waals surface area contributed by atoms with Crippen molar-refractivity contribution in [3.8, 4) is 5.75 Å². The minimum absolute atomic E-state index is 0.229. The molecule has 0 radical (unpaired) electrons. The van der Waals surface area contributed by atoms with Gasteiger partial charge in [0.05, 0.1) is 0 Å². The lowest BCUT2D eigenvalue weighted by atomic mass is 10.1. The molecule has 2 unspecified atom stereocenters. The fourth-order valence-corrected chi connectivity index (χ4v) is 5.34. The Bertz CT molecular complexity index is 909. The second kappa shape index (κ2) is 9.67. The van der Waals surface area contributed by atoms with Gasteiger partial charge in [-0.05, 0) is 23.6 Å². The predicted molar refractivity (Wildman–Crippen MR) is 107 cm³/mol. The zero-order valence-electron chi connectivity index (χ0n) is 15.5. The van der Waals surface area contributed by atoms with Crippen LogP contribution in [0.15, 0.2) is 54.6 Å². The number of hydrogen-bond acceptors (Lipinski definition) is 4. The van der Waals surface area contributed by atoms with Gasteiger partial charge in [-0.2, -0.15) is 8.42 Å². The Labute approximate surface area is 165 Å². The van der Waals surface area contributed by atoms with Crippen LogP contribution in [-0.2, 0) is 27.5 Å². The van der Waals surface area contributed by atoms with E-state index in [1.165, 1.54) is 0 Å². The normalized spacial score (nSPS) is 14.4. The highest BCUT2D eigenvalue weighted by Crippen LogP contribution is 2.46. The number of benzene rings is 2. The van der Waals surface area contributed by atoms with Crippen molar-refractivity contribution in [1.29, 1.82) is 0 Å². The minimum Gasteiger partial charge on any atom is -0.490 e. The first-order valence-corrected chi connectivity index (χ1v) is 12.1. The van der Waals surface area contributed by atoms with Gasteiger partial charge in [-0.25, -0.2) is 0 Å². The predicted octanol–water partition coefficient (Wildman–Crippen LogP) is 3.41. The van der Waals surface area contributed by atoms with E-state index in [0.717, 1.165) is 24.0 Å². The zero-order valence-corrected chi connectivity index (χ0v) is 17.2. The molecule has 0 saturated heterocycles. The molecule has 2 aromatic rings. The molecular weight excluding hydrogens is 403 g/mol. The third-order valence-corrected chi connectivity index (χ3v) is 7.74. The van der Waals surface area contributed by atoms with Gasteiger partial charge in [0.1, 0.15) is 11.9 Å².